The number of carbonyl (C=O) groups excluding carboxylic acids is 3. The maximum absolute atomic E-state index is 12.8. The van der Waals surface area contributed by atoms with Crippen LogP contribution in [-0.4, -0.2) is 34.8 Å². The molecule has 25 heavy (non-hydrogen) atoms. The number of hydrogen-bond donors (Lipinski definition) is 2. The van der Waals surface area contributed by atoms with E-state index < -0.39 is 17.5 Å². The first kappa shape index (κ1) is 17.0. The van der Waals surface area contributed by atoms with Crippen LogP contribution in [0.1, 0.15) is 38.2 Å². The van der Waals surface area contributed by atoms with Gasteiger partial charge in [0.1, 0.15) is 12.1 Å². The molecule has 1 saturated carbocycles. The minimum Gasteiger partial charge on any atom is -0.324 e. The molecule has 1 aliphatic carbocycles. The number of nitriles is 1. The smallest absolute Gasteiger partial charge is 0.324 e. The van der Waals surface area contributed by atoms with E-state index in [4.69, 9.17) is 5.26 Å². The van der Waals surface area contributed by atoms with Crippen LogP contribution in [0.25, 0.3) is 0 Å². The van der Waals surface area contributed by atoms with Crippen LogP contribution in [0.3, 0.4) is 0 Å². The minimum absolute atomic E-state index is 0.0538. The molecular formula is C18H20N4O3. The fourth-order valence-electron chi connectivity index (χ4n) is 3.65. The number of urea groups is 1. The molecule has 7 nitrogen and oxygen atoms in total. The van der Waals surface area contributed by atoms with E-state index >= 15 is 0 Å². The van der Waals surface area contributed by atoms with Crippen LogP contribution in [-0.2, 0) is 9.59 Å². The third-order valence-corrected chi connectivity index (χ3v) is 5.08. The lowest BCUT2D eigenvalue weighted by Crippen LogP contribution is -2.54. The molecule has 0 bridgehead atoms. The number of benzene rings is 1. The maximum Gasteiger partial charge on any atom is 0.325 e. The van der Waals surface area contributed by atoms with Crippen molar-refractivity contribution in [2.24, 2.45) is 5.92 Å². The Morgan fingerprint density at radius 2 is 2.24 bits per heavy atom. The highest BCUT2D eigenvalue weighted by Gasteiger charge is 2.55. The van der Waals surface area contributed by atoms with Crippen molar-refractivity contribution < 1.29 is 14.4 Å². The number of anilines is 1. The van der Waals surface area contributed by atoms with Gasteiger partial charge in [0.2, 0.25) is 5.91 Å². The van der Waals surface area contributed by atoms with Crippen molar-refractivity contribution in [3.63, 3.8) is 0 Å². The molecule has 2 atom stereocenters. The summed E-state index contributed by atoms with van der Waals surface area (Å²) in [6, 6.07) is 7.94. The molecule has 7 heteroatoms. The van der Waals surface area contributed by atoms with Gasteiger partial charge in [0.05, 0.1) is 11.6 Å². The van der Waals surface area contributed by atoms with E-state index in [0.717, 1.165) is 24.2 Å². The SMILES string of the molecule is C[C@@H]1CCCC[C@@]12NC(=O)N(CC(=O)Nc1cccc(C#N)c1)C2=O. The Morgan fingerprint density at radius 3 is 2.96 bits per heavy atom. The van der Waals surface area contributed by atoms with E-state index in [9.17, 15) is 14.4 Å². The number of carbonyl (C=O) groups is 3. The molecule has 0 radical (unpaired) electrons. The highest BCUT2D eigenvalue weighted by Crippen LogP contribution is 2.38. The number of imide groups is 1. The van der Waals surface area contributed by atoms with Gasteiger partial charge >= 0.3 is 6.03 Å². The highest BCUT2D eigenvalue weighted by molar-refractivity contribution is 6.10. The molecule has 1 saturated heterocycles. The predicted molar refractivity (Wildman–Crippen MR) is 90.4 cm³/mol. The quantitative estimate of drug-likeness (QED) is 0.822. The average molecular weight is 340 g/mol. The van der Waals surface area contributed by atoms with Crippen molar-refractivity contribution in [1.29, 1.82) is 5.26 Å². The Morgan fingerprint density at radius 1 is 1.44 bits per heavy atom. The zero-order chi connectivity index (χ0) is 18.0. The van der Waals surface area contributed by atoms with Gasteiger partial charge in [-0.1, -0.05) is 25.8 Å². The summed E-state index contributed by atoms with van der Waals surface area (Å²) in [5, 5.41) is 14.3. The third-order valence-electron chi connectivity index (χ3n) is 5.08. The Kier molecular flexibility index (Phi) is 4.45. The van der Waals surface area contributed by atoms with Gasteiger partial charge in [-0.3, -0.25) is 14.5 Å². The summed E-state index contributed by atoms with van der Waals surface area (Å²) in [5.41, 5.74) is 0.00991. The maximum atomic E-state index is 12.8. The zero-order valence-corrected chi connectivity index (χ0v) is 14.0. The number of amides is 4. The zero-order valence-electron chi connectivity index (χ0n) is 14.0. The summed E-state index contributed by atoms with van der Waals surface area (Å²) < 4.78 is 0. The molecule has 2 aliphatic rings. The van der Waals surface area contributed by atoms with Crippen molar-refractivity contribution in [2.45, 2.75) is 38.1 Å². The predicted octanol–water partition coefficient (Wildman–Crippen LogP) is 2.00. The van der Waals surface area contributed by atoms with Gasteiger partial charge in [-0.2, -0.15) is 5.26 Å². The van der Waals surface area contributed by atoms with E-state index in [1.165, 1.54) is 6.07 Å². The van der Waals surface area contributed by atoms with E-state index in [1.54, 1.807) is 18.2 Å². The van der Waals surface area contributed by atoms with Gasteiger partial charge in [0, 0.05) is 5.69 Å². The Balaban J connectivity index is 1.70. The molecule has 0 aromatic heterocycles. The van der Waals surface area contributed by atoms with Crippen molar-refractivity contribution in [1.82, 2.24) is 10.2 Å². The molecule has 130 valence electrons. The third kappa shape index (κ3) is 3.07. The van der Waals surface area contributed by atoms with Crippen LogP contribution in [0.15, 0.2) is 24.3 Å². The first-order chi connectivity index (χ1) is 12.0. The normalized spacial score (nSPS) is 25.6. The fourth-order valence-corrected chi connectivity index (χ4v) is 3.65. The van der Waals surface area contributed by atoms with Crippen molar-refractivity contribution >= 4 is 23.5 Å². The van der Waals surface area contributed by atoms with E-state index in [2.05, 4.69) is 10.6 Å². The second-order valence-corrected chi connectivity index (χ2v) is 6.68. The van der Waals surface area contributed by atoms with Gasteiger partial charge in [-0.05, 0) is 37.0 Å². The number of rotatable bonds is 3. The Bertz CT molecular complexity index is 770. The molecule has 3 rings (SSSR count). The minimum atomic E-state index is -0.865. The standard InChI is InChI=1S/C18H20N4O3/c1-12-5-2-3-8-18(12)16(24)22(17(25)21-18)11-15(23)20-14-7-4-6-13(9-14)10-19/h4,6-7,9,12H,2-3,5,8,11H2,1H3,(H,20,23)(H,21,25)/t12-,18-/m1/s1. The van der Waals surface area contributed by atoms with Crippen LogP contribution in [0.2, 0.25) is 0 Å². The van der Waals surface area contributed by atoms with Gasteiger partial charge in [0.15, 0.2) is 0 Å². The monoisotopic (exact) mass is 340 g/mol. The van der Waals surface area contributed by atoms with Gasteiger partial charge in [-0.15, -0.1) is 0 Å². The lowest BCUT2D eigenvalue weighted by Gasteiger charge is -2.36. The molecule has 0 unspecified atom stereocenters. The summed E-state index contributed by atoms with van der Waals surface area (Å²) in [5.74, 6) is -0.734. The summed E-state index contributed by atoms with van der Waals surface area (Å²) in [7, 11) is 0. The molecule has 1 aromatic carbocycles. The number of nitrogens with zero attached hydrogens (tertiary/aromatic N) is 2. The first-order valence-electron chi connectivity index (χ1n) is 8.40. The lowest BCUT2D eigenvalue weighted by atomic mass is 9.73. The van der Waals surface area contributed by atoms with Crippen LogP contribution in [0.4, 0.5) is 10.5 Å². The molecule has 1 spiro atoms. The van der Waals surface area contributed by atoms with Crippen LogP contribution in [0.5, 0.6) is 0 Å². The largest absolute Gasteiger partial charge is 0.325 e. The summed E-state index contributed by atoms with van der Waals surface area (Å²) in [6.07, 6.45) is 3.42. The summed E-state index contributed by atoms with van der Waals surface area (Å²) in [6.45, 7) is 1.63. The van der Waals surface area contributed by atoms with Crippen LogP contribution < -0.4 is 10.6 Å². The number of nitrogens with one attached hydrogen (secondary N) is 2. The molecule has 1 aliphatic heterocycles. The second kappa shape index (κ2) is 6.55. The van der Waals surface area contributed by atoms with Crippen molar-refractivity contribution in [3.8, 4) is 6.07 Å². The van der Waals surface area contributed by atoms with Gasteiger partial charge in [0.25, 0.3) is 5.91 Å². The Labute approximate surface area is 146 Å². The molecular weight excluding hydrogens is 320 g/mol. The van der Waals surface area contributed by atoms with Crippen molar-refractivity contribution in [3.05, 3.63) is 29.8 Å². The molecule has 2 N–H and O–H groups in total. The molecule has 4 amide bonds. The number of hydrogen-bond acceptors (Lipinski definition) is 4. The van der Waals surface area contributed by atoms with E-state index in [-0.39, 0.29) is 18.4 Å². The van der Waals surface area contributed by atoms with Crippen LogP contribution in [0, 0.1) is 17.2 Å². The van der Waals surface area contributed by atoms with E-state index in [1.807, 2.05) is 13.0 Å². The fraction of sp³-hybridized carbons (Fsp3) is 0.444. The first-order valence-corrected chi connectivity index (χ1v) is 8.40. The molecule has 1 aromatic rings. The van der Waals surface area contributed by atoms with Crippen LogP contribution >= 0.6 is 0 Å². The summed E-state index contributed by atoms with van der Waals surface area (Å²) in [4.78, 5) is 38.3. The Hall–Kier alpha value is -2.88. The van der Waals surface area contributed by atoms with Gasteiger partial charge in [-0.25, -0.2) is 4.79 Å². The molecule has 2 fully saturated rings. The molecule has 1 heterocycles. The van der Waals surface area contributed by atoms with Crippen molar-refractivity contribution in [2.75, 3.05) is 11.9 Å². The van der Waals surface area contributed by atoms with Gasteiger partial charge < -0.3 is 10.6 Å². The lowest BCUT2D eigenvalue weighted by molar-refractivity contribution is -0.136. The summed E-state index contributed by atoms with van der Waals surface area (Å²) >= 11 is 0. The topological polar surface area (TPSA) is 102 Å². The highest BCUT2D eigenvalue weighted by atomic mass is 16.2. The van der Waals surface area contributed by atoms with E-state index in [0.29, 0.717) is 17.7 Å². The average Bonchev–Trinajstić information content (AvgIpc) is 2.83. The second-order valence-electron chi connectivity index (χ2n) is 6.68.